The van der Waals surface area contributed by atoms with Crippen LogP contribution in [0.3, 0.4) is 0 Å². The normalized spacial score (nSPS) is 28.0. The summed E-state index contributed by atoms with van der Waals surface area (Å²) in [5.74, 6) is -1.99. The molecule has 0 aromatic carbocycles. The van der Waals surface area contributed by atoms with Crippen molar-refractivity contribution in [2.45, 2.75) is 395 Å². The number of ether oxygens (including phenoxy) is 7. The van der Waals surface area contributed by atoms with Crippen LogP contribution in [0.5, 0.6) is 0 Å². The summed E-state index contributed by atoms with van der Waals surface area (Å²) < 4.78 is 65.0. The summed E-state index contributed by atoms with van der Waals surface area (Å²) in [4.78, 5) is 50.9. The number of phosphoric acid groups is 1. The fourth-order valence-electron chi connectivity index (χ4n) is 12.4. The van der Waals surface area contributed by atoms with Gasteiger partial charge in [-0.05, 0) is 44.9 Å². The maximum atomic E-state index is 14.3. The highest BCUT2D eigenvalue weighted by Crippen LogP contribution is 2.49. The average molecular weight is 1400 g/mol. The van der Waals surface area contributed by atoms with Crippen LogP contribution in [0.4, 0.5) is 0 Å². The number of rotatable bonds is 58. The molecule has 25 heteroatoms. The minimum Gasteiger partial charge on any atom is -0.463 e. The van der Waals surface area contributed by atoms with Crippen molar-refractivity contribution in [3.63, 3.8) is 0 Å². The van der Waals surface area contributed by atoms with E-state index in [9.17, 15) is 74.9 Å². The monoisotopic (exact) mass is 1400 g/mol. The predicted octanol–water partition coefficient (Wildman–Crippen LogP) is 9.96. The van der Waals surface area contributed by atoms with E-state index in [1.54, 1.807) is 0 Å². The van der Waals surface area contributed by atoms with Gasteiger partial charge < -0.3 is 89.1 Å². The lowest BCUT2D eigenvalue weighted by atomic mass is 9.84. The highest BCUT2D eigenvalue weighted by molar-refractivity contribution is 7.47. The molecule has 18 unspecified atom stereocenters. The van der Waals surface area contributed by atoms with E-state index in [4.69, 9.17) is 42.2 Å². The Morgan fingerprint density at radius 2 is 0.729 bits per heavy atom. The molecule has 96 heavy (non-hydrogen) atoms. The Morgan fingerprint density at radius 3 is 1.14 bits per heavy atom. The molecule has 0 bridgehead atoms. The fourth-order valence-corrected chi connectivity index (χ4v) is 13.4. The summed E-state index contributed by atoms with van der Waals surface area (Å²) in [6.45, 7) is 3.44. The molecular formula is C71H131O24P. The number of hydrogen-bond donors (Lipinski definition) is 11. The molecule has 11 N–H and O–H groups in total. The van der Waals surface area contributed by atoms with E-state index in [1.165, 1.54) is 135 Å². The van der Waals surface area contributed by atoms with Crippen LogP contribution in [0.15, 0.2) is 12.2 Å². The first-order chi connectivity index (χ1) is 46.3. The number of aliphatic hydroxyl groups is 10. The number of unbranched alkanes of at least 4 members (excludes halogenated alkanes) is 35. The molecule has 2 aliphatic heterocycles. The van der Waals surface area contributed by atoms with Gasteiger partial charge in [0.2, 0.25) is 0 Å². The molecule has 564 valence electrons. The lowest BCUT2D eigenvalue weighted by molar-refractivity contribution is -0.360. The first kappa shape index (κ1) is 87.9. The second-order valence-corrected chi connectivity index (χ2v) is 28.4. The standard InChI is InChI=1S/C71H131O24P/c1-4-7-10-13-16-19-22-25-28-31-34-37-40-43-46-56(74)88-51-54-59(77)61(79)66(84)71(92-54)94-68-64(82)62(80)63(81)67(93-70-65(83)60(78)58(76)53(48-72)91-70)69(68)95-96(85,86)89-50-52(49-87-55(73)45-42-39-36-33-30-27-24-21-18-15-12-9-6-3)90-57(75)47-44-41-38-35-32-29-26-23-20-17-14-11-8-5-2/h28,31,52-54,58-72,76-84H,4-27,29-30,32-51H2,1-3H3,(H,85,86)/b31-28-. The van der Waals surface area contributed by atoms with Crippen molar-refractivity contribution in [2.24, 2.45) is 0 Å². The zero-order chi connectivity index (χ0) is 70.4. The average Bonchev–Trinajstić information content (AvgIpc) is 0.766. The molecular weight excluding hydrogens is 1270 g/mol. The van der Waals surface area contributed by atoms with Crippen molar-refractivity contribution in [1.82, 2.24) is 0 Å². The highest BCUT2D eigenvalue weighted by atomic mass is 31.2. The van der Waals surface area contributed by atoms with Crippen LogP contribution in [-0.4, -0.2) is 204 Å². The number of esters is 3. The van der Waals surface area contributed by atoms with Crippen LogP contribution in [0.1, 0.15) is 290 Å². The number of phosphoric ester groups is 1. The van der Waals surface area contributed by atoms with Gasteiger partial charge in [0.15, 0.2) is 18.7 Å². The van der Waals surface area contributed by atoms with E-state index in [2.05, 4.69) is 32.9 Å². The molecule has 24 nitrogen and oxygen atoms in total. The molecule has 0 spiro atoms. The highest BCUT2D eigenvalue weighted by Gasteiger charge is 2.58. The van der Waals surface area contributed by atoms with E-state index in [0.29, 0.717) is 19.3 Å². The van der Waals surface area contributed by atoms with E-state index < -0.39 is 156 Å². The van der Waals surface area contributed by atoms with Gasteiger partial charge in [-0.1, -0.05) is 238 Å². The summed E-state index contributed by atoms with van der Waals surface area (Å²) >= 11 is 0. The summed E-state index contributed by atoms with van der Waals surface area (Å²) in [7, 11) is -5.69. The van der Waals surface area contributed by atoms with E-state index in [-0.39, 0.29) is 19.3 Å². The number of hydrogen-bond acceptors (Lipinski definition) is 23. The van der Waals surface area contributed by atoms with Gasteiger partial charge in [0.25, 0.3) is 0 Å². The van der Waals surface area contributed by atoms with Gasteiger partial charge in [0.1, 0.15) is 98.7 Å². The van der Waals surface area contributed by atoms with Gasteiger partial charge in [0, 0.05) is 19.3 Å². The summed E-state index contributed by atoms with van der Waals surface area (Å²) in [5.41, 5.74) is 0. The summed E-state index contributed by atoms with van der Waals surface area (Å²) in [6.07, 6.45) is 11.4. The number of allylic oxidation sites excluding steroid dienone is 2. The molecule has 2 saturated heterocycles. The number of carbonyl (C=O) groups is 3. The van der Waals surface area contributed by atoms with Crippen LogP contribution in [0.2, 0.25) is 0 Å². The van der Waals surface area contributed by atoms with Crippen molar-refractivity contribution >= 4 is 25.7 Å². The Morgan fingerprint density at radius 1 is 0.396 bits per heavy atom. The van der Waals surface area contributed by atoms with Crippen molar-refractivity contribution in [1.29, 1.82) is 0 Å². The molecule has 1 saturated carbocycles. The Balaban J connectivity index is 1.74. The van der Waals surface area contributed by atoms with Crippen LogP contribution in [-0.2, 0) is 61.2 Å². The lowest BCUT2D eigenvalue weighted by Gasteiger charge is -2.49. The Labute approximate surface area is 573 Å². The fraction of sp³-hybridized carbons (Fsp3) is 0.930. The van der Waals surface area contributed by atoms with Crippen molar-refractivity contribution < 1.29 is 117 Å². The van der Waals surface area contributed by atoms with Crippen LogP contribution >= 0.6 is 7.82 Å². The van der Waals surface area contributed by atoms with Crippen LogP contribution < -0.4 is 0 Å². The third-order valence-corrected chi connectivity index (χ3v) is 19.5. The van der Waals surface area contributed by atoms with Crippen molar-refractivity contribution in [3.05, 3.63) is 12.2 Å². The van der Waals surface area contributed by atoms with Gasteiger partial charge >= 0.3 is 25.7 Å². The van der Waals surface area contributed by atoms with Gasteiger partial charge in [-0.2, -0.15) is 0 Å². The Hall–Kier alpha value is -2.30. The van der Waals surface area contributed by atoms with Gasteiger partial charge in [-0.25, -0.2) is 4.57 Å². The lowest BCUT2D eigenvalue weighted by Crippen LogP contribution is -2.69. The Bertz CT molecular complexity index is 2040. The molecule has 18 atom stereocenters. The quantitative estimate of drug-likeness (QED) is 0.00886. The molecule has 0 amide bonds. The van der Waals surface area contributed by atoms with E-state index >= 15 is 0 Å². The SMILES string of the molecule is CCCCCCCCC/C=C\CCCCCC(=O)OCC1OC(OC2C(O)C(O)C(O)C(OC3OC(CO)C(O)C(O)C3O)C2OP(=O)(O)OCC(COC(=O)CCCCCCCCCCCCCCC)OC(=O)CCCCCCCCCCCCCCCC)C(O)C(O)C1O. The molecule has 3 rings (SSSR count). The van der Waals surface area contributed by atoms with Crippen molar-refractivity contribution in [2.75, 3.05) is 26.4 Å². The smallest absolute Gasteiger partial charge is 0.463 e. The summed E-state index contributed by atoms with van der Waals surface area (Å²) in [5, 5.41) is 110. The molecule has 2 heterocycles. The molecule has 0 aromatic heterocycles. The third kappa shape index (κ3) is 36.5. The van der Waals surface area contributed by atoms with Gasteiger partial charge in [0.05, 0.1) is 13.2 Å². The molecule has 3 fully saturated rings. The largest absolute Gasteiger partial charge is 0.472 e. The first-order valence-electron chi connectivity index (χ1n) is 37.5. The Kier molecular flexibility index (Phi) is 49.0. The number of aliphatic hydroxyl groups excluding tert-OH is 10. The third-order valence-electron chi connectivity index (χ3n) is 18.5. The van der Waals surface area contributed by atoms with Gasteiger partial charge in [-0.3, -0.25) is 23.4 Å². The number of carbonyl (C=O) groups excluding carboxylic acids is 3. The zero-order valence-corrected chi connectivity index (χ0v) is 59.6. The first-order valence-corrected chi connectivity index (χ1v) is 39.0. The van der Waals surface area contributed by atoms with Crippen molar-refractivity contribution in [3.8, 4) is 0 Å². The molecule has 1 aliphatic carbocycles. The van der Waals surface area contributed by atoms with Gasteiger partial charge in [-0.15, -0.1) is 0 Å². The maximum Gasteiger partial charge on any atom is 0.472 e. The second-order valence-electron chi connectivity index (χ2n) is 27.0. The second kappa shape index (κ2) is 53.5. The molecule has 0 radical (unpaired) electrons. The maximum absolute atomic E-state index is 14.3. The van der Waals surface area contributed by atoms with Crippen LogP contribution in [0, 0.1) is 0 Å². The zero-order valence-electron chi connectivity index (χ0n) is 58.7. The van der Waals surface area contributed by atoms with E-state index in [1.807, 2.05) is 0 Å². The minimum atomic E-state index is -5.69. The van der Waals surface area contributed by atoms with Crippen LogP contribution in [0.25, 0.3) is 0 Å². The summed E-state index contributed by atoms with van der Waals surface area (Å²) in [6, 6.07) is 0. The predicted molar refractivity (Wildman–Crippen MR) is 361 cm³/mol. The molecule has 3 aliphatic rings. The van der Waals surface area contributed by atoms with E-state index in [0.717, 1.165) is 96.3 Å². The topological polar surface area (TPSA) is 374 Å². The minimum absolute atomic E-state index is 0.00961. The molecule has 0 aromatic rings.